The summed E-state index contributed by atoms with van der Waals surface area (Å²) in [6, 6.07) is 5.27. The van der Waals surface area contributed by atoms with E-state index in [2.05, 4.69) is 19.2 Å². The number of carbonyl (C=O) groups excluding carboxylic acids is 3. The first kappa shape index (κ1) is 26.6. The van der Waals surface area contributed by atoms with E-state index in [9.17, 15) is 19.6 Å². The molecule has 2 saturated carbocycles. The number of hydrogen-bond donors (Lipinski definition) is 1. The highest BCUT2D eigenvalue weighted by Crippen LogP contribution is 2.59. The standard InChI is InChI=1S/C27H32N2O5S2/c1-15-4-8-17(9-5-15)25(31)33-20-12-13-21(34-26(32)18-10-6-16(2)7-11-18)23-22(20)35-27(36-23)19(14-28)24(30)29-3/h12-13,15-18H,4-11H2,1-3H3,(H,29,30). The highest BCUT2D eigenvalue weighted by Gasteiger charge is 2.34. The minimum atomic E-state index is -0.495. The summed E-state index contributed by atoms with van der Waals surface area (Å²) in [7, 11) is 1.47. The fourth-order valence-electron chi connectivity index (χ4n) is 4.88. The fraction of sp³-hybridized carbons (Fsp3) is 0.556. The van der Waals surface area contributed by atoms with E-state index in [0.29, 0.717) is 37.4 Å². The summed E-state index contributed by atoms with van der Waals surface area (Å²) in [5.41, 5.74) is -0.0270. The molecule has 0 radical (unpaired) electrons. The van der Waals surface area contributed by atoms with E-state index in [4.69, 9.17) is 9.47 Å². The van der Waals surface area contributed by atoms with Crippen LogP contribution in [-0.2, 0) is 14.4 Å². The highest BCUT2D eigenvalue weighted by atomic mass is 32.2. The highest BCUT2D eigenvalue weighted by molar-refractivity contribution is 8.24. The minimum absolute atomic E-state index is 0.0270. The van der Waals surface area contributed by atoms with Gasteiger partial charge in [0.25, 0.3) is 5.91 Å². The number of nitriles is 1. The zero-order valence-electron chi connectivity index (χ0n) is 20.9. The molecular formula is C27H32N2O5S2. The predicted molar refractivity (Wildman–Crippen MR) is 138 cm³/mol. The van der Waals surface area contributed by atoms with Gasteiger partial charge < -0.3 is 14.8 Å². The zero-order chi connectivity index (χ0) is 25.8. The number of hydrogen-bond acceptors (Lipinski definition) is 8. The number of likely N-dealkylation sites (N-methyl/N-ethyl adjacent to an activating group) is 1. The van der Waals surface area contributed by atoms with Gasteiger partial charge in [-0.05, 0) is 75.3 Å². The maximum atomic E-state index is 12.9. The SMILES string of the molecule is CNC(=O)C(C#N)=C1Sc2c(OC(=O)C3CCC(C)CC3)ccc(OC(=O)C3CCC(C)CC3)c2S1. The summed E-state index contributed by atoms with van der Waals surface area (Å²) < 4.78 is 12.2. The Morgan fingerprint density at radius 3 is 1.61 bits per heavy atom. The zero-order valence-corrected chi connectivity index (χ0v) is 22.6. The second-order valence-corrected chi connectivity index (χ2v) is 12.3. The van der Waals surface area contributed by atoms with E-state index >= 15 is 0 Å². The van der Waals surface area contributed by atoms with Crippen molar-refractivity contribution in [2.45, 2.75) is 75.0 Å². The molecule has 0 saturated heterocycles. The summed E-state index contributed by atoms with van der Waals surface area (Å²) >= 11 is 2.39. The monoisotopic (exact) mass is 528 g/mol. The molecule has 192 valence electrons. The first-order valence-electron chi connectivity index (χ1n) is 12.6. The van der Waals surface area contributed by atoms with Crippen molar-refractivity contribution in [1.29, 1.82) is 5.26 Å². The van der Waals surface area contributed by atoms with Crippen molar-refractivity contribution in [1.82, 2.24) is 5.32 Å². The van der Waals surface area contributed by atoms with E-state index in [1.807, 2.05) is 6.07 Å². The van der Waals surface area contributed by atoms with Gasteiger partial charge in [-0.15, -0.1) is 0 Å². The third-order valence-electron chi connectivity index (χ3n) is 7.32. The molecule has 1 amide bonds. The van der Waals surface area contributed by atoms with Gasteiger partial charge in [-0.3, -0.25) is 14.4 Å². The molecule has 1 aliphatic heterocycles. The molecule has 2 aliphatic carbocycles. The Bertz CT molecular complexity index is 1040. The topological polar surface area (TPSA) is 105 Å². The summed E-state index contributed by atoms with van der Waals surface area (Å²) in [6.07, 6.45) is 7.23. The molecule has 0 aromatic heterocycles. The quantitative estimate of drug-likeness (QED) is 0.220. The largest absolute Gasteiger partial charge is 0.425 e. The Labute approximate surface area is 220 Å². The van der Waals surface area contributed by atoms with Crippen LogP contribution < -0.4 is 14.8 Å². The van der Waals surface area contributed by atoms with Crippen molar-refractivity contribution in [3.63, 3.8) is 0 Å². The summed E-state index contributed by atoms with van der Waals surface area (Å²) in [4.78, 5) is 39.4. The van der Waals surface area contributed by atoms with Gasteiger partial charge in [0.05, 0.1) is 25.9 Å². The normalized spacial score (nSPS) is 25.3. The summed E-state index contributed by atoms with van der Waals surface area (Å²) in [6.45, 7) is 4.40. The van der Waals surface area contributed by atoms with Crippen molar-refractivity contribution >= 4 is 41.4 Å². The maximum Gasteiger partial charge on any atom is 0.314 e. The molecule has 4 rings (SSSR count). The number of benzene rings is 1. The lowest BCUT2D eigenvalue weighted by Crippen LogP contribution is -2.25. The molecule has 1 aromatic carbocycles. The second-order valence-electron chi connectivity index (χ2n) is 10.0. The van der Waals surface area contributed by atoms with E-state index in [1.54, 1.807) is 12.1 Å². The molecule has 0 atom stereocenters. The first-order valence-corrected chi connectivity index (χ1v) is 14.3. The smallest absolute Gasteiger partial charge is 0.314 e. The van der Waals surface area contributed by atoms with Crippen molar-refractivity contribution in [2.24, 2.45) is 23.7 Å². The van der Waals surface area contributed by atoms with Crippen LogP contribution in [0.3, 0.4) is 0 Å². The van der Waals surface area contributed by atoms with Crippen LogP contribution in [0, 0.1) is 35.0 Å². The number of nitrogens with one attached hydrogen (secondary N) is 1. The van der Waals surface area contributed by atoms with Crippen LogP contribution in [0.1, 0.15) is 65.2 Å². The van der Waals surface area contributed by atoms with Crippen LogP contribution in [0.15, 0.2) is 31.7 Å². The van der Waals surface area contributed by atoms with Crippen LogP contribution in [0.2, 0.25) is 0 Å². The molecule has 0 spiro atoms. The van der Waals surface area contributed by atoms with E-state index in [1.165, 1.54) is 30.6 Å². The van der Waals surface area contributed by atoms with Crippen LogP contribution in [0.4, 0.5) is 0 Å². The average Bonchev–Trinajstić information content (AvgIpc) is 3.32. The Balaban J connectivity index is 1.61. The number of esters is 2. The van der Waals surface area contributed by atoms with Crippen LogP contribution in [0.5, 0.6) is 11.5 Å². The molecule has 1 aromatic rings. The van der Waals surface area contributed by atoms with Crippen molar-refractivity contribution < 1.29 is 23.9 Å². The number of carbonyl (C=O) groups is 3. The van der Waals surface area contributed by atoms with Crippen molar-refractivity contribution in [3.8, 4) is 17.6 Å². The van der Waals surface area contributed by atoms with Gasteiger partial charge in [0.1, 0.15) is 23.1 Å². The summed E-state index contributed by atoms with van der Waals surface area (Å²) in [5, 5.41) is 12.1. The van der Waals surface area contributed by atoms with E-state index < -0.39 is 5.91 Å². The fourth-order valence-corrected chi connectivity index (χ4v) is 7.45. The van der Waals surface area contributed by atoms with Gasteiger partial charge in [0.15, 0.2) is 0 Å². The van der Waals surface area contributed by atoms with Gasteiger partial charge in [-0.25, -0.2) is 0 Å². The molecule has 1 heterocycles. The molecule has 7 nitrogen and oxygen atoms in total. The number of ether oxygens (including phenoxy) is 2. The molecule has 2 fully saturated rings. The molecule has 1 N–H and O–H groups in total. The lowest BCUT2D eigenvalue weighted by atomic mass is 9.83. The number of amides is 1. The molecule has 0 bridgehead atoms. The maximum absolute atomic E-state index is 12.9. The van der Waals surface area contributed by atoms with Gasteiger partial charge in [0.2, 0.25) is 0 Å². The Morgan fingerprint density at radius 1 is 0.833 bits per heavy atom. The Kier molecular flexibility index (Phi) is 8.68. The van der Waals surface area contributed by atoms with Crippen molar-refractivity contribution in [2.75, 3.05) is 7.05 Å². The average molecular weight is 529 g/mol. The molecule has 9 heteroatoms. The number of rotatable bonds is 5. The number of nitrogens with zero attached hydrogens (tertiary/aromatic N) is 1. The van der Waals surface area contributed by atoms with Gasteiger partial charge >= 0.3 is 11.9 Å². The second kappa shape index (κ2) is 11.7. The third-order valence-corrected chi connectivity index (χ3v) is 9.95. The Hall–Kier alpha value is -2.44. The van der Waals surface area contributed by atoms with Crippen LogP contribution >= 0.6 is 23.5 Å². The van der Waals surface area contributed by atoms with Crippen molar-refractivity contribution in [3.05, 3.63) is 21.9 Å². The van der Waals surface area contributed by atoms with Crippen LogP contribution in [-0.4, -0.2) is 24.9 Å². The number of thioether (sulfide) groups is 2. The number of fused-ring (bicyclic) bond motifs is 1. The minimum Gasteiger partial charge on any atom is -0.425 e. The van der Waals surface area contributed by atoms with E-state index in [-0.39, 0.29) is 29.3 Å². The molecular weight excluding hydrogens is 496 g/mol. The molecule has 36 heavy (non-hydrogen) atoms. The first-order chi connectivity index (χ1) is 17.3. The van der Waals surface area contributed by atoms with Gasteiger partial charge in [-0.1, -0.05) is 37.4 Å². The van der Waals surface area contributed by atoms with E-state index in [0.717, 1.165) is 51.4 Å². The lowest BCUT2D eigenvalue weighted by Gasteiger charge is -2.25. The lowest BCUT2D eigenvalue weighted by molar-refractivity contribution is -0.141. The summed E-state index contributed by atoms with van der Waals surface area (Å²) in [5.74, 6) is 0.658. The predicted octanol–water partition coefficient (Wildman–Crippen LogP) is 5.83. The molecule has 0 unspecified atom stereocenters. The third kappa shape index (κ3) is 5.92. The van der Waals surface area contributed by atoms with Gasteiger partial charge in [-0.2, -0.15) is 5.26 Å². The van der Waals surface area contributed by atoms with Crippen LogP contribution in [0.25, 0.3) is 0 Å². The molecule has 3 aliphatic rings. The van der Waals surface area contributed by atoms with Gasteiger partial charge in [0, 0.05) is 7.05 Å². The Morgan fingerprint density at radius 2 is 1.25 bits per heavy atom.